The molecule has 7 nitrogen and oxygen atoms in total. The summed E-state index contributed by atoms with van der Waals surface area (Å²) in [7, 11) is 0. The van der Waals surface area contributed by atoms with E-state index in [9.17, 15) is 14.9 Å². The first kappa shape index (κ1) is 18.1. The summed E-state index contributed by atoms with van der Waals surface area (Å²) < 4.78 is 9.80. The molecule has 0 bridgehead atoms. The van der Waals surface area contributed by atoms with Gasteiger partial charge in [-0.1, -0.05) is 26.0 Å². The highest BCUT2D eigenvalue weighted by molar-refractivity contribution is 5.67. The first-order chi connectivity index (χ1) is 11.1. The zero-order valence-electron chi connectivity index (χ0n) is 12.8. The fourth-order valence-electron chi connectivity index (χ4n) is 1.51. The number of aliphatic hydroxyl groups is 1. The maximum atomic E-state index is 11.5. The second-order valence-corrected chi connectivity index (χ2v) is 4.01. The van der Waals surface area contributed by atoms with Crippen molar-refractivity contribution in [3.8, 4) is 11.5 Å². The smallest absolute Gasteiger partial charge is 0.395 e. The van der Waals surface area contributed by atoms with Crippen LogP contribution in [0, 0.1) is 10.1 Å². The maximum absolute atomic E-state index is 11.5. The van der Waals surface area contributed by atoms with E-state index in [2.05, 4.69) is 0 Å². The van der Waals surface area contributed by atoms with Gasteiger partial charge in [0.15, 0.2) is 0 Å². The lowest BCUT2D eigenvalue weighted by atomic mass is 10.2. The molecule has 0 aromatic heterocycles. The molecule has 7 heteroatoms. The number of hydrogen-bond acceptors (Lipinski definition) is 6. The number of rotatable bonds is 4. The highest BCUT2D eigenvalue weighted by atomic mass is 16.7. The van der Waals surface area contributed by atoms with Gasteiger partial charge in [-0.05, 0) is 29.8 Å². The molecule has 2 aromatic rings. The van der Waals surface area contributed by atoms with E-state index in [-0.39, 0.29) is 23.8 Å². The molecule has 0 spiro atoms. The Hall–Kier alpha value is -2.93. The normalized spacial score (nSPS) is 9.35. The third-order valence-electron chi connectivity index (χ3n) is 2.56. The van der Waals surface area contributed by atoms with Crippen LogP contribution in [-0.4, -0.2) is 16.2 Å². The Balaban J connectivity index is 0.00000127. The summed E-state index contributed by atoms with van der Waals surface area (Å²) in [4.78, 5) is 21.5. The Morgan fingerprint density at radius 1 is 1.00 bits per heavy atom. The van der Waals surface area contributed by atoms with Gasteiger partial charge in [0.05, 0.1) is 11.5 Å². The molecule has 0 heterocycles. The lowest BCUT2D eigenvalue weighted by Crippen LogP contribution is -2.13. The van der Waals surface area contributed by atoms with Crippen molar-refractivity contribution < 1.29 is 24.3 Å². The maximum Gasteiger partial charge on any atom is 0.519 e. The number of nitro groups is 1. The SMILES string of the molecule is CC.O=C(Oc1ccc(CO)cc1)Oc1ccc([N+](=O)[O-])cc1. The van der Waals surface area contributed by atoms with E-state index in [1.807, 2.05) is 13.8 Å². The highest BCUT2D eigenvalue weighted by Gasteiger charge is 2.10. The molecule has 0 radical (unpaired) electrons. The van der Waals surface area contributed by atoms with Gasteiger partial charge in [-0.15, -0.1) is 0 Å². The average Bonchev–Trinajstić information content (AvgIpc) is 2.58. The molecular weight excluding hydrogens is 302 g/mol. The van der Waals surface area contributed by atoms with Crippen molar-refractivity contribution in [3.63, 3.8) is 0 Å². The zero-order chi connectivity index (χ0) is 17.2. The van der Waals surface area contributed by atoms with E-state index in [1.165, 1.54) is 36.4 Å². The van der Waals surface area contributed by atoms with Crippen LogP contribution in [-0.2, 0) is 6.61 Å². The number of nitrogens with zero attached hydrogens (tertiary/aromatic N) is 1. The van der Waals surface area contributed by atoms with Crippen molar-refractivity contribution in [3.05, 3.63) is 64.2 Å². The molecule has 0 aliphatic rings. The van der Waals surface area contributed by atoms with E-state index < -0.39 is 11.1 Å². The van der Waals surface area contributed by atoms with Crippen LogP contribution >= 0.6 is 0 Å². The molecule has 2 aromatic carbocycles. The molecule has 0 saturated heterocycles. The Morgan fingerprint density at radius 3 is 1.83 bits per heavy atom. The molecule has 122 valence electrons. The third kappa shape index (κ3) is 5.76. The summed E-state index contributed by atoms with van der Waals surface area (Å²) in [5.74, 6) is 0.400. The van der Waals surface area contributed by atoms with Gasteiger partial charge in [-0.2, -0.15) is 0 Å². The monoisotopic (exact) mass is 319 g/mol. The van der Waals surface area contributed by atoms with E-state index in [0.717, 1.165) is 0 Å². The predicted octanol–water partition coefficient (Wildman–Crippen LogP) is 3.69. The van der Waals surface area contributed by atoms with Gasteiger partial charge in [0.2, 0.25) is 0 Å². The van der Waals surface area contributed by atoms with Crippen molar-refractivity contribution in [2.24, 2.45) is 0 Å². The Kier molecular flexibility index (Phi) is 7.22. The molecule has 0 fully saturated rings. The number of benzene rings is 2. The van der Waals surface area contributed by atoms with Crippen LogP contribution < -0.4 is 9.47 Å². The number of aliphatic hydroxyl groups excluding tert-OH is 1. The van der Waals surface area contributed by atoms with E-state index in [1.54, 1.807) is 12.1 Å². The molecule has 1 N–H and O–H groups in total. The summed E-state index contributed by atoms with van der Waals surface area (Å²) in [6, 6.07) is 11.3. The number of carbonyl (C=O) groups excluding carboxylic acids is 1. The molecule has 23 heavy (non-hydrogen) atoms. The van der Waals surface area contributed by atoms with Gasteiger partial charge in [-0.3, -0.25) is 10.1 Å². The first-order valence-corrected chi connectivity index (χ1v) is 6.92. The van der Waals surface area contributed by atoms with Crippen molar-refractivity contribution >= 4 is 11.8 Å². The van der Waals surface area contributed by atoms with E-state index >= 15 is 0 Å². The van der Waals surface area contributed by atoms with Gasteiger partial charge < -0.3 is 14.6 Å². The van der Waals surface area contributed by atoms with Gasteiger partial charge in [-0.25, -0.2) is 4.79 Å². The van der Waals surface area contributed by atoms with Crippen molar-refractivity contribution in [1.29, 1.82) is 0 Å². The highest BCUT2D eigenvalue weighted by Crippen LogP contribution is 2.18. The molecule has 0 atom stereocenters. The topological polar surface area (TPSA) is 98.9 Å². The zero-order valence-corrected chi connectivity index (χ0v) is 12.8. The fourth-order valence-corrected chi connectivity index (χ4v) is 1.51. The predicted molar refractivity (Wildman–Crippen MR) is 83.5 cm³/mol. The van der Waals surface area contributed by atoms with Gasteiger partial charge in [0, 0.05) is 12.1 Å². The van der Waals surface area contributed by atoms with Crippen molar-refractivity contribution in [2.75, 3.05) is 0 Å². The summed E-state index contributed by atoms with van der Waals surface area (Å²) in [6.07, 6.45) is -0.958. The van der Waals surface area contributed by atoms with Crippen molar-refractivity contribution in [1.82, 2.24) is 0 Å². The van der Waals surface area contributed by atoms with Crippen LogP contribution in [0.3, 0.4) is 0 Å². The summed E-state index contributed by atoms with van der Waals surface area (Å²) in [5, 5.41) is 19.4. The van der Waals surface area contributed by atoms with Crippen LogP contribution in [0.1, 0.15) is 19.4 Å². The Morgan fingerprint density at radius 2 is 1.43 bits per heavy atom. The molecule has 0 unspecified atom stereocenters. The summed E-state index contributed by atoms with van der Waals surface area (Å²) in [5.41, 5.74) is 0.585. The van der Waals surface area contributed by atoms with E-state index in [4.69, 9.17) is 14.6 Å². The molecule has 0 aliphatic heterocycles. The van der Waals surface area contributed by atoms with Crippen molar-refractivity contribution in [2.45, 2.75) is 20.5 Å². The molecule has 2 rings (SSSR count). The first-order valence-electron chi connectivity index (χ1n) is 6.92. The minimum atomic E-state index is -0.958. The quantitative estimate of drug-likeness (QED) is 0.399. The van der Waals surface area contributed by atoms with Gasteiger partial charge in [0.1, 0.15) is 11.5 Å². The molecule has 0 saturated carbocycles. The molecular formula is C16H17NO6. The Labute approximate surface area is 133 Å². The third-order valence-corrected chi connectivity index (χ3v) is 2.56. The number of hydrogen-bond donors (Lipinski definition) is 1. The van der Waals surface area contributed by atoms with Crippen LogP contribution in [0.5, 0.6) is 11.5 Å². The number of non-ortho nitro benzene ring substituents is 1. The minimum absolute atomic E-state index is 0.102. The lowest BCUT2D eigenvalue weighted by Gasteiger charge is -2.05. The molecule has 0 aliphatic carbocycles. The van der Waals surface area contributed by atoms with Gasteiger partial charge >= 0.3 is 6.16 Å². The average molecular weight is 319 g/mol. The minimum Gasteiger partial charge on any atom is -0.395 e. The standard InChI is InChI=1S/C14H11NO6.C2H6/c16-9-10-1-5-12(6-2-10)20-14(17)21-13-7-3-11(4-8-13)15(18)19;1-2/h1-8,16H,9H2;1-2H3. The number of ether oxygens (including phenoxy) is 2. The van der Waals surface area contributed by atoms with E-state index in [0.29, 0.717) is 5.56 Å². The van der Waals surface area contributed by atoms with Crippen LogP contribution in [0.25, 0.3) is 0 Å². The van der Waals surface area contributed by atoms with Crippen LogP contribution in [0.15, 0.2) is 48.5 Å². The van der Waals surface area contributed by atoms with Crippen LogP contribution in [0.4, 0.5) is 10.5 Å². The van der Waals surface area contributed by atoms with Crippen LogP contribution in [0.2, 0.25) is 0 Å². The Bertz CT molecular complexity index is 637. The lowest BCUT2D eigenvalue weighted by molar-refractivity contribution is -0.384. The summed E-state index contributed by atoms with van der Waals surface area (Å²) in [6.45, 7) is 3.90. The number of nitro benzene ring substituents is 1. The second-order valence-electron chi connectivity index (χ2n) is 4.01. The summed E-state index contributed by atoms with van der Waals surface area (Å²) >= 11 is 0. The molecule has 0 amide bonds. The largest absolute Gasteiger partial charge is 0.519 e. The second kappa shape index (κ2) is 9.16. The fraction of sp³-hybridized carbons (Fsp3) is 0.188. The number of carbonyl (C=O) groups is 1. The van der Waals surface area contributed by atoms with Gasteiger partial charge in [0.25, 0.3) is 5.69 Å².